The van der Waals surface area contributed by atoms with Crippen LogP contribution >= 0.6 is 12.6 Å². The Kier molecular flexibility index (Phi) is 2.79. The number of allylic oxidation sites excluding steroid dienone is 2. The summed E-state index contributed by atoms with van der Waals surface area (Å²) in [6.45, 7) is 2.21. The Morgan fingerprint density at radius 1 is 1.55 bits per heavy atom. The van der Waals surface area contributed by atoms with Crippen molar-refractivity contribution in [1.29, 1.82) is 0 Å². The summed E-state index contributed by atoms with van der Waals surface area (Å²) < 4.78 is 0. The molecule has 0 aromatic heterocycles. The van der Waals surface area contributed by atoms with Crippen LogP contribution < -0.4 is 0 Å². The molecule has 0 aliphatic heterocycles. The lowest BCUT2D eigenvalue weighted by Crippen LogP contribution is -2.31. The van der Waals surface area contributed by atoms with Crippen molar-refractivity contribution in [2.75, 3.05) is 14.1 Å². The Morgan fingerprint density at radius 2 is 2.18 bits per heavy atom. The van der Waals surface area contributed by atoms with Crippen molar-refractivity contribution < 1.29 is 0 Å². The fourth-order valence-corrected chi connectivity index (χ4v) is 1.60. The second-order valence-corrected chi connectivity index (χ2v) is 3.72. The number of rotatable bonds is 2. The molecule has 2 heteroatoms. The second-order valence-electron chi connectivity index (χ2n) is 3.21. The number of thiol groups is 1. The fourth-order valence-electron chi connectivity index (χ4n) is 1.21. The molecule has 1 rings (SSSR count). The summed E-state index contributed by atoms with van der Waals surface area (Å²) in [5.41, 5.74) is 0. The molecular formula is C9H15NS. The van der Waals surface area contributed by atoms with Crippen molar-refractivity contribution in [1.82, 2.24) is 4.90 Å². The maximum Gasteiger partial charge on any atom is 0.0232 e. The molecule has 0 aromatic carbocycles. The van der Waals surface area contributed by atoms with E-state index >= 15 is 0 Å². The molecule has 0 heterocycles. The van der Waals surface area contributed by atoms with Crippen LogP contribution in [0, 0.1) is 5.92 Å². The molecular weight excluding hydrogens is 154 g/mol. The second kappa shape index (κ2) is 3.46. The van der Waals surface area contributed by atoms with Crippen molar-refractivity contribution in [3.63, 3.8) is 0 Å². The predicted molar refractivity (Wildman–Crippen MR) is 52.8 cm³/mol. The molecule has 2 atom stereocenters. The van der Waals surface area contributed by atoms with Gasteiger partial charge < -0.3 is 4.90 Å². The maximum absolute atomic E-state index is 4.39. The molecule has 1 unspecified atom stereocenters. The van der Waals surface area contributed by atoms with Gasteiger partial charge in [0.25, 0.3) is 0 Å². The molecule has 11 heavy (non-hydrogen) atoms. The van der Waals surface area contributed by atoms with Gasteiger partial charge in [0.15, 0.2) is 0 Å². The zero-order valence-corrected chi connectivity index (χ0v) is 8.18. The predicted octanol–water partition coefficient (Wildman–Crippen LogP) is 1.94. The minimum atomic E-state index is 0.494. The summed E-state index contributed by atoms with van der Waals surface area (Å²) in [6, 6.07) is 0.539. The molecule has 0 fully saturated rings. The van der Waals surface area contributed by atoms with Crippen LogP contribution in [0.1, 0.15) is 6.92 Å². The molecule has 62 valence electrons. The molecule has 1 aliphatic carbocycles. The first-order valence-electron chi connectivity index (χ1n) is 3.86. The van der Waals surface area contributed by atoms with Gasteiger partial charge in [-0.2, -0.15) is 0 Å². The van der Waals surface area contributed by atoms with Crippen molar-refractivity contribution in [3.8, 4) is 0 Å². The van der Waals surface area contributed by atoms with E-state index in [1.54, 1.807) is 0 Å². The first-order valence-corrected chi connectivity index (χ1v) is 4.31. The van der Waals surface area contributed by atoms with Crippen molar-refractivity contribution in [2.24, 2.45) is 5.92 Å². The Labute approximate surface area is 74.2 Å². The summed E-state index contributed by atoms with van der Waals surface area (Å²) in [4.78, 5) is 3.39. The molecule has 0 N–H and O–H groups in total. The first kappa shape index (κ1) is 8.88. The van der Waals surface area contributed by atoms with E-state index < -0.39 is 0 Å². The molecule has 0 radical (unpaired) electrons. The largest absolute Gasteiger partial charge is 0.306 e. The van der Waals surface area contributed by atoms with Crippen LogP contribution in [0.15, 0.2) is 23.1 Å². The third kappa shape index (κ3) is 1.88. The van der Waals surface area contributed by atoms with Gasteiger partial charge >= 0.3 is 0 Å². The van der Waals surface area contributed by atoms with Gasteiger partial charge in [-0.1, -0.05) is 18.2 Å². The van der Waals surface area contributed by atoms with Crippen LogP contribution in [-0.4, -0.2) is 25.0 Å². The zero-order chi connectivity index (χ0) is 8.43. The standard InChI is InChI=1S/C9H15NS/c1-7(10(2)3)8-5-4-6-9(8)11/h4-8,11H,1-3H3/t7-,8?/m0/s1. The van der Waals surface area contributed by atoms with E-state index in [9.17, 15) is 0 Å². The van der Waals surface area contributed by atoms with Crippen LogP contribution in [0.5, 0.6) is 0 Å². The van der Waals surface area contributed by atoms with E-state index in [2.05, 4.69) is 56.8 Å². The van der Waals surface area contributed by atoms with Crippen LogP contribution in [0.25, 0.3) is 0 Å². The van der Waals surface area contributed by atoms with Crippen LogP contribution in [-0.2, 0) is 0 Å². The monoisotopic (exact) mass is 169 g/mol. The molecule has 1 nitrogen and oxygen atoms in total. The fraction of sp³-hybridized carbons (Fsp3) is 0.556. The highest BCUT2D eigenvalue weighted by Gasteiger charge is 2.20. The lowest BCUT2D eigenvalue weighted by molar-refractivity contribution is 0.281. The Hall–Kier alpha value is -0.210. The zero-order valence-electron chi connectivity index (χ0n) is 7.28. The summed E-state index contributed by atoms with van der Waals surface area (Å²) in [5, 5.41) is 0. The summed E-state index contributed by atoms with van der Waals surface area (Å²) in [5.74, 6) is 0.494. The van der Waals surface area contributed by atoms with Gasteiger partial charge in [0, 0.05) is 12.0 Å². The van der Waals surface area contributed by atoms with E-state index in [1.807, 2.05) is 0 Å². The molecule has 0 bridgehead atoms. The van der Waals surface area contributed by atoms with Crippen LogP contribution in [0.2, 0.25) is 0 Å². The average Bonchev–Trinajstić information content (AvgIpc) is 2.33. The smallest absolute Gasteiger partial charge is 0.0232 e. The molecule has 1 aliphatic rings. The van der Waals surface area contributed by atoms with Crippen molar-refractivity contribution in [2.45, 2.75) is 13.0 Å². The van der Waals surface area contributed by atoms with E-state index in [0.717, 1.165) is 0 Å². The van der Waals surface area contributed by atoms with E-state index in [1.165, 1.54) is 4.91 Å². The first-order chi connectivity index (χ1) is 5.13. The van der Waals surface area contributed by atoms with Crippen molar-refractivity contribution >= 4 is 12.6 Å². The maximum atomic E-state index is 4.39. The van der Waals surface area contributed by atoms with Gasteiger partial charge in [0.05, 0.1) is 0 Å². The van der Waals surface area contributed by atoms with E-state index in [-0.39, 0.29) is 0 Å². The highest BCUT2D eigenvalue weighted by Crippen LogP contribution is 2.27. The van der Waals surface area contributed by atoms with Gasteiger partial charge in [-0.05, 0) is 25.9 Å². The third-order valence-corrected chi connectivity index (χ3v) is 2.71. The molecule has 0 saturated heterocycles. The average molecular weight is 169 g/mol. The lowest BCUT2D eigenvalue weighted by atomic mass is 10.0. The SMILES string of the molecule is C[C@@H](C1C=CC=C1S)N(C)C. The quantitative estimate of drug-likeness (QED) is 0.618. The lowest BCUT2D eigenvalue weighted by Gasteiger charge is -2.25. The summed E-state index contributed by atoms with van der Waals surface area (Å²) in [7, 11) is 4.19. The topological polar surface area (TPSA) is 3.24 Å². The van der Waals surface area contributed by atoms with E-state index in [4.69, 9.17) is 0 Å². The normalized spacial score (nSPS) is 25.9. The van der Waals surface area contributed by atoms with Gasteiger partial charge in [-0.25, -0.2) is 0 Å². The third-order valence-electron chi connectivity index (χ3n) is 2.26. The Bertz CT molecular complexity index is 194. The Morgan fingerprint density at radius 3 is 2.55 bits per heavy atom. The minimum absolute atomic E-state index is 0.494. The number of nitrogens with zero attached hydrogens (tertiary/aromatic N) is 1. The van der Waals surface area contributed by atoms with Gasteiger partial charge in [-0.15, -0.1) is 12.6 Å². The molecule has 0 saturated carbocycles. The highest BCUT2D eigenvalue weighted by atomic mass is 32.1. The summed E-state index contributed by atoms with van der Waals surface area (Å²) >= 11 is 4.39. The minimum Gasteiger partial charge on any atom is -0.306 e. The number of hydrogen-bond donors (Lipinski definition) is 1. The van der Waals surface area contributed by atoms with Crippen LogP contribution in [0.3, 0.4) is 0 Å². The molecule has 0 spiro atoms. The number of hydrogen-bond acceptors (Lipinski definition) is 2. The van der Waals surface area contributed by atoms with Gasteiger partial charge in [-0.3, -0.25) is 0 Å². The molecule has 0 aromatic rings. The molecule has 0 amide bonds. The van der Waals surface area contributed by atoms with Crippen LogP contribution in [0.4, 0.5) is 0 Å². The van der Waals surface area contributed by atoms with E-state index in [0.29, 0.717) is 12.0 Å². The highest BCUT2D eigenvalue weighted by molar-refractivity contribution is 7.84. The Balaban J connectivity index is 2.62. The summed E-state index contributed by atoms with van der Waals surface area (Å²) in [6.07, 6.45) is 6.34. The van der Waals surface area contributed by atoms with Crippen molar-refractivity contribution in [3.05, 3.63) is 23.1 Å². The van der Waals surface area contributed by atoms with Gasteiger partial charge in [0.2, 0.25) is 0 Å². The van der Waals surface area contributed by atoms with Gasteiger partial charge in [0.1, 0.15) is 0 Å².